The van der Waals surface area contributed by atoms with E-state index in [9.17, 15) is 9.90 Å². The van der Waals surface area contributed by atoms with Gasteiger partial charge in [0.2, 0.25) is 5.91 Å². The summed E-state index contributed by atoms with van der Waals surface area (Å²) >= 11 is 0. The van der Waals surface area contributed by atoms with E-state index in [-0.39, 0.29) is 18.9 Å². The molecule has 31 heavy (non-hydrogen) atoms. The maximum Gasteiger partial charge on any atom is 0.225 e. The molecule has 2 aromatic rings. The van der Waals surface area contributed by atoms with Crippen LogP contribution >= 0.6 is 0 Å². The first-order chi connectivity index (χ1) is 15.1. The van der Waals surface area contributed by atoms with Crippen molar-refractivity contribution in [3.63, 3.8) is 0 Å². The summed E-state index contributed by atoms with van der Waals surface area (Å²) in [7, 11) is 3.17. The molecular formula is C23H30N4O4. The first-order valence-corrected chi connectivity index (χ1v) is 10.1. The van der Waals surface area contributed by atoms with Crippen molar-refractivity contribution in [1.82, 2.24) is 5.32 Å². The van der Waals surface area contributed by atoms with Crippen molar-refractivity contribution in [1.29, 1.82) is 0 Å². The fourth-order valence-corrected chi connectivity index (χ4v) is 2.93. The smallest absolute Gasteiger partial charge is 0.225 e. The van der Waals surface area contributed by atoms with Crippen molar-refractivity contribution in [2.24, 2.45) is 9.98 Å². The van der Waals surface area contributed by atoms with E-state index in [0.717, 1.165) is 17.8 Å². The van der Waals surface area contributed by atoms with E-state index in [1.165, 1.54) is 0 Å². The molecule has 0 aliphatic rings. The van der Waals surface area contributed by atoms with Gasteiger partial charge in [0.15, 0.2) is 0 Å². The van der Waals surface area contributed by atoms with Crippen LogP contribution in [-0.2, 0) is 4.79 Å². The third-order valence-corrected chi connectivity index (χ3v) is 4.49. The highest BCUT2D eigenvalue weighted by Crippen LogP contribution is 2.37. The van der Waals surface area contributed by atoms with Gasteiger partial charge in [-0.1, -0.05) is 6.92 Å². The Bertz CT molecular complexity index is 892. The van der Waals surface area contributed by atoms with Gasteiger partial charge in [-0.05, 0) is 31.3 Å². The van der Waals surface area contributed by atoms with Crippen LogP contribution in [-0.4, -0.2) is 57.9 Å². The molecule has 0 heterocycles. The molecule has 2 N–H and O–H groups in total. The van der Waals surface area contributed by atoms with Crippen molar-refractivity contribution < 1.29 is 19.4 Å². The highest BCUT2D eigenvalue weighted by Gasteiger charge is 2.14. The Hall–Kier alpha value is -3.39. The van der Waals surface area contributed by atoms with E-state index >= 15 is 0 Å². The average molecular weight is 427 g/mol. The largest absolute Gasteiger partial charge is 0.497 e. The van der Waals surface area contributed by atoms with Crippen LogP contribution in [0, 0.1) is 0 Å². The van der Waals surface area contributed by atoms with Crippen molar-refractivity contribution in [2.45, 2.75) is 19.8 Å². The van der Waals surface area contributed by atoms with Gasteiger partial charge in [-0.25, -0.2) is 0 Å². The maximum atomic E-state index is 11.7. The molecule has 166 valence electrons. The zero-order valence-corrected chi connectivity index (χ0v) is 18.3. The van der Waals surface area contributed by atoms with Gasteiger partial charge in [-0.3, -0.25) is 14.8 Å². The number of nitrogens with one attached hydrogen (secondary N) is 1. The molecule has 0 aliphatic carbocycles. The minimum Gasteiger partial charge on any atom is -0.497 e. The van der Waals surface area contributed by atoms with Gasteiger partial charge in [-0.15, -0.1) is 0 Å². The highest BCUT2D eigenvalue weighted by molar-refractivity contribution is 5.91. The molecule has 0 atom stereocenters. The number of hydrogen-bond donors (Lipinski definition) is 2. The molecule has 0 radical (unpaired) electrons. The van der Waals surface area contributed by atoms with E-state index < -0.39 is 0 Å². The number of carbonyl (C=O) groups excluding carboxylic acids is 1. The van der Waals surface area contributed by atoms with Crippen LogP contribution in [0.4, 0.5) is 22.7 Å². The lowest BCUT2D eigenvalue weighted by Gasteiger charge is -2.25. The monoisotopic (exact) mass is 426 g/mol. The van der Waals surface area contributed by atoms with Gasteiger partial charge >= 0.3 is 0 Å². The minimum atomic E-state index is -0.0728. The summed E-state index contributed by atoms with van der Waals surface area (Å²) < 4.78 is 10.7. The van der Waals surface area contributed by atoms with Crippen LogP contribution < -0.4 is 19.7 Å². The lowest BCUT2D eigenvalue weighted by molar-refractivity contribution is -0.119. The summed E-state index contributed by atoms with van der Waals surface area (Å²) in [5.74, 6) is 1.21. The number of aliphatic hydroxyl groups is 1. The fraction of sp³-hybridized carbons (Fsp3) is 0.348. The zero-order chi connectivity index (χ0) is 22.6. The Morgan fingerprint density at radius 2 is 1.84 bits per heavy atom. The molecule has 0 aromatic heterocycles. The van der Waals surface area contributed by atoms with E-state index in [1.54, 1.807) is 26.5 Å². The molecule has 1 amide bonds. The van der Waals surface area contributed by atoms with Gasteiger partial charge in [0.05, 0.1) is 38.6 Å². The first-order valence-electron chi connectivity index (χ1n) is 10.1. The second-order valence-electron chi connectivity index (χ2n) is 6.64. The molecule has 2 aromatic carbocycles. The molecular weight excluding hydrogens is 396 g/mol. The molecule has 0 unspecified atom stereocenters. The quantitative estimate of drug-likeness (QED) is 0.504. The summed E-state index contributed by atoms with van der Waals surface area (Å²) in [5, 5.41) is 12.4. The summed E-state index contributed by atoms with van der Waals surface area (Å²) in [6, 6.07) is 11.0. The predicted molar refractivity (Wildman–Crippen MR) is 125 cm³/mol. The SMILES string of the molecule is C=Nc1cc(N(CCO)c2cc(OC)cc(OC)c2)ccc1/N=C\CC(=O)NCCC. The number of anilines is 2. The van der Waals surface area contributed by atoms with Gasteiger partial charge in [0.25, 0.3) is 0 Å². The minimum absolute atomic E-state index is 0.0524. The van der Waals surface area contributed by atoms with Crippen molar-refractivity contribution in [3.8, 4) is 11.5 Å². The summed E-state index contributed by atoms with van der Waals surface area (Å²) in [6.45, 7) is 6.59. The third kappa shape index (κ3) is 6.82. The van der Waals surface area contributed by atoms with Crippen LogP contribution in [0.3, 0.4) is 0 Å². The number of aliphatic hydroxyl groups excluding tert-OH is 1. The van der Waals surface area contributed by atoms with E-state index in [2.05, 4.69) is 22.0 Å². The molecule has 0 saturated heterocycles. The maximum absolute atomic E-state index is 11.7. The van der Waals surface area contributed by atoms with Crippen molar-refractivity contribution in [2.75, 3.05) is 38.8 Å². The normalized spacial score (nSPS) is 10.7. The molecule has 2 rings (SSSR count). The molecule has 8 nitrogen and oxygen atoms in total. The van der Waals surface area contributed by atoms with Gasteiger partial charge in [-0.2, -0.15) is 0 Å². The van der Waals surface area contributed by atoms with E-state index in [1.807, 2.05) is 42.2 Å². The van der Waals surface area contributed by atoms with E-state index in [4.69, 9.17) is 9.47 Å². The third-order valence-electron chi connectivity index (χ3n) is 4.49. The summed E-state index contributed by atoms with van der Waals surface area (Å²) in [4.78, 5) is 22.1. The number of hydrogen-bond acceptors (Lipinski definition) is 7. The standard InChI is InChI=1S/C23H30N4O4/c1-5-9-26-23(29)8-10-25-21-7-6-17(15-22(21)24-2)27(11-12-28)18-13-19(30-3)16-20(14-18)31-4/h6-7,10,13-16,28H,2,5,8-9,11-12H2,1,3-4H3,(H,26,29)/b25-10-. The molecule has 0 spiro atoms. The number of carbonyl (C=O) groups is 1. The van der Waals surface area contributed by atoms with Crippen LogP contribution in [0.1, 0.15) is 19.8 Å². The molecule has 0 saturated carbocycles. The number of rotatable bonds is 12. The summed E-state index contributed by atoms with van der Waals surface area (Å²) in [5.41, 5.74) is 2.77. The van der Waals surface area contributed by atoms with Crippen LogP contribution in [0.5, 0.6) is 11.5 Å². The lowest BCUT2D eigenvalue weighted by Crippen LogP contribution is -2.23. The Kier molecular flexibility index (Phi) is 9.51. The van der Waals surface area contributed by atoms with Crippen molar-refractivity contribution >= 4 is 41.6 Å². The van der Waals surface area contributed by atoms with Crippen LogP contribution in [0.25, 0.3) is 0 Å². The number of methoxy groups -OCH3 is 2. The van der Waals surface area contributed by atoms with Gasteiger partial charge in [0.1, 0.15) is 11.5 Å². The van der Waals surface area contributed by atoms with Crippen molar-refractivity contribution in [3.05, 3.63) is 36.4 Å². The second-order valence-corrected chi connectivity index (χ2v) is 6.64. The molecule has 0 fully saturated rings. The Labute approximate surface area is 183 Å². The Morgan fingerprint density at radius 3 is 2.42 bits per heavy atom. The topological polar surface area (TPSA) is 95.8 Å². The number of benzene rings is 2. The van der Waals surface area contributed by atoms with E-state index in [0.29, 0.717) is 36.0 Å². The number of amides is 1. The fourth-order valence-electron chi connectivity index (χ4n) is 2.93. The first kappa shape index (κ1) is 23.9. The lowest BCUT2D eigenvalue weighted by atomic mass is 10.2. The van der Waals surface area contributed by atoms with Gasteiger partial charge in [0, 0.05) is 48.9 Å². The highest BCUT2D eigenvalue weighted by atomic mass is 16.5. The molecule has 0 aliphatic heterocycles. The number of aliphatic imine (C=N–C) groups is 2. The summed E-state index contributed by atoms with van der Waals surface area (Å²) in [6.07, 6.45) is 2.64. The number of ether oxygens (including phenoxy) is 2. The average Bonchev–Trinajstić information content (AvgIpc) is 2.80. The van der Waals surface area contributed by atoms with Crippen LogP contribution in [0.2, 0.25) is 0 Å². The zero-order valence-electron chi connectivity index (χ0n) is 18.3. The Balaban J connectivity index is 2.31. The second kappa shape index (κ2) is 12.3. The predicted octanol–water partition coefficient (Wildman–Crippen LogP) is 3.78. The molecule has 0 bridgehead atoms. The van der Waals surface area contributed by atoms with Gasteiger partial charge < -0.3 is 24.8 Å². The Morgan fingerprint density at radius 1 is 1.13 bits per heavy atom. The molecule has 8 heteroatoms. The number of nitrogens with zero attached hydrogens (tertiary/aromatic N) is 3. The van der Waals surface area contributed by atoms with Crippen LogP contribution in [0.15, 0.2) is 46.4 Å².